The van der Waals surface area contributed by atoms with Crippen LogP contribution in [0.4, 0.5) is 8.78 Å². The Hall–Kier alpha value is -4.41. The highest BCUT2D eigenvalue weighted by molar-refractivity contribution is 7.90. The van der Waals surface area contributed by atoms with Crippen LogP contribution in [0.15, 0.2) is 89.8 Å². The Morgan fingerprint density at radius 3 is 2.38 bits per heavy atom. The molecule has 1 saturated heterocycles. The lowest BCUT2D eigenvalue weighted by molar-refractivity contribution is -0.122. The van der Waals surface area contributed by atoms with Gasteiger partial charge in [0, 0.05) is 30.5 Å². The summed E-state index contributed by atoms with van der Waals surface area (Å²) in [5.41, 5.74) is 2.67. The van der Waals surface area contributed by atoms with Crippen LogP contribution in [0.3, 0.4) is 0 Å². The molecule has 4 aromatic carbocycles. The molecule has 7 nitrogen and oxygen atoms in total. The van der Waals surface area contributed by atoms with Crippen LogP contribution < -0.4 is 9.46 Å². The fourth-order valence-corrected chi connectivity index (χ4v) is 6.36. The number of amides is 1. The van der Waals surface area contributed by atoms with Crippen LogP contribution in [-0.4, -0.2) is 44.7 Å². The molecule has 1 fully saturated rings. The van der Waals surface area contributed by atoms with Gasteiger partial charge in [0.2, 0.25) is 0 Å². The van der Waals surface area contributed by atoms with Crippen molar-refractivity contribution in [1.82, 2.24) is 9.62 Å². The number of likely N-dealkylation sites (tertiary alicyclic amines) is 1. The van der Waals surface area contributed by atoms with Crippen LogP contribution in [-0.2, 0) is 32.6 Å². The summed E-state index contributed by atoms with van der Waals surface area (Å²) in [6.07, 6.45) is 4.80. The molecule has 1 heterocycles. The van der Waals surface area contributed by atoms with E-state index in [-0.39, 0.29) is 11.7 Å². The van der Waals surface area contributed by atoms with Gasteiger partial charge < -0.3 is 4.74 Å². The Morgan fingerprint density at radius 1 is 0.911 bits per heavy atom. The second-order valence-corrected chi connectivity index (χ2v) is 12.9. The second kappa shape index (κ2) is 14.1. The highest BCUT2D eigenvalue weighted by atomic mass is 32.2. The van der Waals surface area contributed by atoms with Crippen LogP contribution >= 0.6 is 0 Å². The highest BCUT2D eigenvalue weighted by Crippen LogP contribution is 2.26. The lowest BCUT2D eigenvalue weighted by atomic mass is 9.93. The fraction of sp³-hybridized carbons (Fsp3) is 0.257. The standard InChI is InChI=1S/C35H34F2N2O5S/c1-24(40)27-14-17-39(18-15-27)23-26-7-9-29(10-13-35(41)38-45(42,43)31-11-12-32(36)33(37)22-31)34(21-26)44-19-16-25-6-8-28-4-2-3-5-30(28)20-25/h2-13,20-22,27H,14-19,23H2,1H3,(H,38,41)/b13-10+. The first-order valence-electron chi connectivity index (χ1n) is 14.7. The van der Waals surface area contributed by atoms with E-state index in [1.54, 1.807) is 13.0 Å². The predicted molar refractivity (Wildman–Crippen MR) is 169 cm³/mol. The molecule has 0 unspecified atom stereocenters. The van der Waals surface area contributed by atoms with Gasteiger partial charge in [-0.3, -0.25) is 14.5 Å². The number of nitrogens with one attached hydrogen (secondary N) is 1. The normalized spacial score (nSPS) is 14.6. The first-order valence-corrected chi connectivity index (χ1v) is 16.2. The van der Waals surface area contributed by atoms with E-state index >= 15 is 0 Å². The molecule has 4 aromatic rings. The van der Waals surface area contributed by atoms with Gasteiger partial charge in [-0.15, -0.1) is 0 Å². The number of hydrogen-bond donors (Lipinski definition) is 1. The van der Waals surface area contributed by atoms with Gasteiger partial charge in [0.1, 0.15) is 11.5 Å². The number of rotatable bonds is 11. The summed E-state index contributed by atoms with van der Waals surface area (Å²) in [6.45, 7) is 4.31. The molecule has 45 heavy (non-hydrogen) atoms. The van der Waals surface area contributed by atoms with Gasteiger partial charge in [0.15, 0.2) is 11.6 Å². The molecule has 0 radical (unpaired) electrons. The summed E-state index contributed by atoms with van der Waals surface area (Å²) >= 11 is 0. The molecule has 1 aliphatic rings. The molecule has 0 aromatic heterocycles. The molecule has 0 aliphatic carbocycles. The van der Waals surface area contributed by atoms with Crippen LogP contribution in [0.25, 0.3) is 16.8 Å². The zero-order valence-corrected chi connectivity index (χ0v) is 25.7. The Kier molecular flexibility index (Phi) is 10.0. The second-order valence-electron chi connectivity index (χ2n) is 11.2. The van der Waals surface area contributed by atoms with Crippen molar-refractivity contribution in [3.63, 3.8) is 0 Å². The van der Waals surface area contributed by atoms with E-state index in [0.29, 0.717) is 43.0 Å². The van der Waals surface area contributed by atoms with E-state index in [1.165, 1.54) is 6.08 Å². The van der Waals surface area contributed by atoms with Crippen LogP contribution in [0.1, 0.15) is 36.5 Å². The minimum absolute atomic E-state index is 0.111. The van der Waals surface area contributed by atoms with Crippen molar-refractivity contribution in [3.05, 3.63) is 113 Å². The Bertz CT molecular complexity index is 1850. The monoisotopic (exact) mass is 632 g/mol. The smallest absolute Gasteiger partial charge is 0.264 e. The average Bonchev–Trinajstić information content (AvgIpc) is 3.02. The molecule has 1 aliphatic heterocycles. The Labute approximate surface area is 261 Å². The van der Waals surface area contributed by atoms with E-state index in [4.69, 9.17) is 4.74 Å². The molecule has 10 heteroatoms. The quantitative estimate of drug-likeness (QED) is 0.202. The molecule has 0 atom stereocenters. The number of fused-ring (bicyclic) bond motifs is 1. The third kappa shape index (κ3) is 8.40. The predicted octanol–water partition coefficient (Wildman–Crippen LogP) is 6.06. The summed E-state index contributed by atoms with van der Waals surface area (Å²) in [7, 11) is -4.42. The van der Waals surface area contributed by atoms with E-state index < -0.39 is 32.5 Å². The molecule has 1 N–H and O–H groups in total. The number of carbonyl (C=O) groups excluding carboxylic acids is 2. The average molecular weight is 633 g/mol. The van der Waals surface area contributed by atoms with E-state index in [1.807, 2.05) is 29.0 Å². The minimum Gasteiger partial charge on any atom is -0.493 e. The van der Waals surface area contributed by atoms with Gasteiger partial charge in [-0.05, 0) is 85.1 Å². The van der Waals surface area contributed by atoms with Crippen molar-refractivity contribution < 1.29 is 31.5 Å². The number of ether oxygens (including phenoxy) is 1. The Morgan fingerprint density at radius 2 is 1.64 bits per heavy atom. The van der Waals surface area contributed by atoms with Crippen LogP contribution in [0.5, 0.6) is 5.75 Å². The number of nitrogens with zero attached hydrogens (tertiary/aromatic N) is 1. The Balaban J connectivity index is 1.30. The first-order chi connectivity index (χ1) is 21.6. The first kappa shape index (κ1) is 32.0. The number of ketones is 1. The number of hydrogen-bond acceptors (Lipinski definition) is 6. The number of halogens is 2. The molecule has 1 amide bonds. The third-order valence-corrected chi connectivity index (χ3v) is 9.30. The summed E-state index contributed by atoms with van der Waals surface area (Å²) in [5, 5.41) is 2.29. The van der Waals surface area contributed by atoms with Gasteiger partial charge in [0.25, 0.3) is 15.9 Å². The summed E-state index contributed by atoms with van der Waals surface area (Å²) in [6, 6.07) is 22.1. The van der Waals surface area contributed by atoms with E-state index in [2.05, 4.69) is 35.2 Å². The SMILES string of the molecule is CC(=O)C1CCN(Cc2ccc(/C=C/C(=O)NS(=O)(=O)c3ccc(F)c(F)c3)c(OCCc3ccc4ccccc4c3)c2)CC1. The van der Waals surface area contributed by atoms with Crippen molar-refractivity contribution >= 4 is 38.6 Å². The van der Waals surface area contributed by atoms with Gasteiger partial charge >= 0.3 is 0 Å². The maximum Gasteiger partial charge on any atom is 0.264 e. The number of benzene rings is 4. The van der Waals surface area contributed by atoms with Crippen molar-refractivity contribution in [1.29, 1.82) is 0 Å². The summed E-state index contributed by atoms with van der Waals surface area (Å²) in [5.74, 6) is -2.62. The number of Topliss-reactive ketones (excluding diaryl/α,β-unsaturated/α-hetero) is 1. The van der Waals surface area contributed by atoms with Gasteiger partial charge in [-0.1, -0.05) is 54.6 Å². The molecule has 0 saturated carbocycles. The van der Waals surface area contributed by atoms with E-state index in [9.17, 15) is 26.8 Å². The molecule has 0 spiro atoms. The lowest BCUT2D eigenvalue weighted by Crippen LogP contribution is -2.35. The number of sulfonamides is 1. The van der Waals surface area contributed by atoms with E-state index in [0.717, 1.165) is 60.0 Å². The van der Waals surface area contributed by atoms with Crippen molar-refractivity contribution in [2.24, 2.45) is 5.92 Å². The summed E-state index contributed by atoms with van der Waals surface area (Å²) in [4.78, 5) is 26.0. The third-order valence-electron chi connectivity index (χ3n) is 7.96. The zero-order chi connectivity index (χ0) is 32.0. The van der Waals surface area contributed by atoms with Crippen molar-refractivity contribution in [2.75, 3.05) is 19.7 Å². The van der Waals surface area contributed by atoms with Crippen molar-refractivity contribution in [3.8, 4) is 5.75 Å². The lowest BCUT2D eigenvalue weighted by Gasteiger charge is -2.30. The highest BCUT2D eigenvalue weighted by Gasteiger charge is 2.23. The molecular formula is C35H34F2N2O5S. The largest absolute Gasteiger partial charge is 0.493 e. The van der Waals surface area contributed by atoms with Gasteiger partial charge in [0.05, 0.1) is 11.5 Å². The van der Waals surface area contributed by atoms with Crippen LogP contribution in [0.2, 0.25) is 0 Å². The summed E-state index contributed by atoms with van der Waals surface area (Å²) < 4.78 is 60.0. The van der Waals surface area contributed by atoms with Crippen LogP contribution in [0, 0.1) is 17.6 Å². The fourth-order valence-electron chi connectivity index (χ4n) is 5.40. The number of carbonyl (C=O) groups is 2. The van der Waals surface area contributed by atoms with Gasteiger partial charge in [-0.25, -0.2) is 21.9 Å². The minimum atomic E-state index is -4.42. The molecular weight excluding hydrogens is 598 g/mol. The number of piperidine rings is 1. The molecule has 5 rings (SSSR count). The molecule has 0 bridgehead atoms. The maximum atomic E-state index is 13.6. The molecule has 234 valence electrons. The zero-order valence-electron chi connectivity index (χ0n) is 24.8. The van der Waals surface area contributed by atoms with Crippen molar-refractivity contribution in [2.45, 2.75) is 37.6 Å². The van der Waals surface area contributed by atoms with Gasteiger partial charge in [-0.2, -0.15) is 0 Å². The topological polar surface area (TPSA) is 92.8 Å². The maximum absolute atomic E-state index is 13.6.